The van der Waals surface area contributed by atoms with E-state index in [-0.39, 0.29) is 0 Å². The molecule has 16 heavy (non-hydrogen) atoms. The summed E-state index contributed by atoms with van der Waals surface area (Å²) in [6.07, 6.45) is 5.94. The first-order chi connectivity index (χ1) is 7.88. The van der Waals surface area contributed by atoms with E-state index in [1.807, 2.05) is 6.07 Å². The molecule has 2 heterocycles. The molecular formula is C12H18N4. The molecule has 1 aromatic heterocycles. The van der Waals surface area contributed by atoms with Crippen LogP contribution in [0.5, 0.6) is 0 Å². The van der Waals surface area contributed by atoms with E-state index in [2.05, 4.69) is 33.6 Å². The lowest BCUT2D eigenvalue weighted by atomic mass is 10.1. The molecule has 0 aliphatic carbocycles. The Labute approximate surface area is 96.2 Å². The highest BCUT2D eigenvalue weighted by atomic mass is 15.0. The van der Waals surface area contributed by atoms with Crippen LogP contribution in [0.4, 0.5) is 5.82 Å². The van der Waals surface area contributed by atoms with Crippen molar-refractivity contribution < 1.29 is 0 Å². The second-order valence-electron chi connectivity index (χ2n) is 3.92. The van der Waals surface area contributed by atoms with Crippen LogP contribution >= 0.6 is 0 Å². The highest BCUT2D eigenvalue weighted by Crippen LogP contribution is 2.08. The number of aryl methyl sites for hydroxylation is 1. The summed E-state index contributed by atoms with van der Waals surface area (Å²) in [6.45, 7) is 5.06. The SMILES string of the molecule is CCc1cc(NCC2=CCNCC2)ncn1. The van der Waals surface area contributed by atoms with Crippen molar-refractivity contribution in [3.8, 4) is 0 Å². The molecule has 0 fully saturated rings. The predicted molar refractivity (Wildman–Crippen MR) is 65.5 cm³/mol. The highest BCUT2D eigenvalue weighted by molar-refractivity contribution is 5.36. The zero-order valence-corrected chi connectivity index (χ0v) is 9.66. The van der Waals surface area contributed by atoms with Crippen molar-refractivity contribution in [1.82, 2.24) is 15.3 Å². The third-order valence-electron chi connectivity index (χ3n) is 2.74. The van der Waals surface area contributed by atoms with Gasteiger partial charge in [0.1, 0.15) is 12.1 Å². The zero-order valence-electron chi connectivity index (χ0n) is 9.66. The van der Waals surface area contributed by atoms with Crippen LogP contribution in [0.3, 0.4) is 0 Å². The van der Waals surface area contributed by atoms with E-state index < -0.39 is 0 Å². The van der Waals surface area contributed by atoms with Gasteiger partial charge in [-0.2, -0.15) is 0 Å². The van der Waals surface area contributed by atoms with Crippen molar-refractivity contribution in [2.75, 3.05) is 25.0 Å². The Morgan fingerprint density at radius 3 is 3.12 bits per heavy atom. The Hall–Kier alpha value is -1.42. The predicted octanol–water partition coefficient (Wildman–Crippen LogP) is 1.37. The van der Waals surface area contributed by atoms with Crippen molar-refractivity contribution in [3.05, 3.63) is 29.7 Å². The molecule has 4 nitrogen and oxygen atoms in total. The van der Waals surface area contributed by atoms with Crippen LogP contribution in [0, 0.1) is 0 Å². The monoisotopic (exact) mass is 218 g/mol. The number of hydrogen-bond acceptors (Lipinski definition) is 4. The van der Waals surface area contributed by atoms with Crippen LogP contribution < -0.4 is 10.6 Å². The molecule has 0 radical (unpaired) electrons. The van der Waals surface area contributed by atoms with Crippen LogP contribution in [0.25, 0.3) is 0 Å². The zero-order chi connectivity index (χ0) is 11.2. The molecule has 0 aromatic carbocycles. The van der Waals surface area contributed by atoms with E-state index in [0.29, 0.717) is 0 Å². The summed E-state index contributed by atoms with van der Waals surface area (Å²) in [5.74, 6) is 0.922. The van der Waals surface area contributed by atoms with Gasteiger partial charge in [0, 0.05) is 24.8 Å². The van der Waals surface area contributed by atoms with Crippen molar-refractivity contribution in [3.63, 3.8) is 0 Å². The van der Waals surface area contributed by atoms with Crippen molar-refractivity contribution in [2.24, 2.45) is 0 Å². The minimum absolute atomic E-state index is 0.891. The molecule has 0 saturated heterocycles. The van der Waals surface area contributed by atoms with Gasteiger partial charge in [0.2, 0.25) is 0 Å². The Bertz CT molecular complexity index is 373. The maximum absolute atomic E-state index is 4.21. The third kappa shape index (κ3) is 3.03. The fourth-order valence-corrected chi connectivity index (χ4v) is 1.72. The van der Waals surface area contributed by atoms with E-state index in [9.17, 15) is 0 Å². The summed E-state index contributed by atoms with van der Waals surface area (Å²) in [7, 11) is 0. The molecule has 86 valence electrons. The summed E-state index contributed by atoms with van der Waals surface area (Å²) < 4.78 is 0. The summed E-state index contributed by atoms with van der Waals surface area (Å²) >= 11 is 0. The number of nitrogens with zero attached hydrogens (tertiary/aromatic N) is 2. The minimum Gasteiger partial charge on any atom is -0.366 e. The van der Waals surface area contributed by atoms with E-state index in [4.69, 9.17) is 0 Å². The van der Waals surface area contributed by atoms with E-state index in [1.165, 1.54) is 5.57 Å². The average Bonchev–Trinajstić information content (AvgIpc) is 2.38. The van der Waals surface area contributed by atoms with Crippen LogP contribution in [0.15, 0.2) is 24.0 Å². The van der Waals surface area contributed by atoms with Gasteiger partial charge in [-0.3, -0.25) is 0 Å². The van der Waals surface area contributed by atoms with Gasteiger partial charge in [0.05, 0.1) is 0 Å². The largest absolute Gasteiger partial charge is 0.366 e. The fraction of sp³-hybridized carbons (Fsp3) is 0.500. The normalized spacial score (nSPS) is 15.7. The van der Waals surface area contributed by atoms with Gasteiger partial charge < -0.3 is 10.6 Å². The molecule has 0 atom stereocenters. The van der Waals surface area contributed by atoms with Gasteiger partial charge in [0.15, 0.2) is 0 Å². The molecule has 1 aliphatic rings. The molecule has 0 unspecified atom stereocenters. The smallest absolute Gasteiger partial charge is 0.129 e. The molecule has 2 rings (SSSR count). The maximum Gasteiger partial charge on any atom is 0.129 e. The lowest BCUT2D eigenvalue weighted by Crippen LogP contribution is -2.23. The minimum atomic E-state index is 0.891. The Balaban J connectivity index is 1.91. The topological polar surface area (TPSA) is 49.8 Å². The Morgan fingerprint density at radius 2 is 2.38 bits per heavy atom. The molecule has 0 amide bonds. The number of hydrogen-bond donors (Lipinski definition) is 2. The van der Waals surface area contributed by atoms with Gasteiger partial charge >= 0.3 is 0 Å². The molecular weight excluding hydrogens is 200 g/mol. The van der Waals surface area contributed by atoms with Gasteiger partial charge in [-0.25, -0.2) is 9.97 Å². The Morgan fingerprint density at radius 1 is 1.44 bits per heavy atom. The summed E-state index contributed by atoms with van der Waals surface area (Å²) in [4.78, 5) is 8.38. The van der Waals surface area contributed by atoms with Gasteiger partial charge in [-0.05, 0) is 19.4 Å². The molecule has 0 saturated carbocycles. The van der Waals surface area contributed by atoms with Gasteiger partial charge in [-0.15, -0.1) is 0 Å². The number of nitrogens with one attached hydrogen (secondary N) is 2. The lowest BCUT2D eigenvalue weighted by molar-refractivity contribution is 0.697. The summed E-state index contributed by atoms with van der Waals surface area (Å²) in [5, 5.41) is 6.64. The van der Waals surface area contributed by atoms with E-state index in [0.717, 1.165) is 44.0 Å². The van der Waals surface area contributed by atoms with Crippen molar-refractivity contribution >= 4 is 5.82 Å². The van der Waals surface area contributed by atoms with Crippen molar-refractivity contribution in [1.29, 1.82) is 0 Å². The molecule has 1 aliphatic heterocycles. The third-order valence-corrected chi connectivity index (χ3v) is 2.74. The highest BCUT2D eigenvalue weighted by Gasteiger charge is 2.03. The first-order valence-electron chi connectivity index (χ1n) is 5.82. The van der Waals surface area contributed by atoms with Crippen LogP contribution in [0.1, 0.15) is 19.0 Å². The molecule has 2 N–H and O–H groups in total. The van der Waals surface area contributed by atoms with Crippen LogP contribution in [-0.2, 0) is 6.42 Å². The molecule has 4 heteroatoms. The summed E-state index contributed by atoms with van der Waals surface area (Å²) in [5.41, 5.74) is 2.53. The van der Waals surface area contributed by atoms with E-state index in [1.54, 1.807) is 6.33 Å². The molecule has 0 bridgehead atoms. The average molecular weight is 218 g/mol. The number of rotatable bonds is 4. The quantitative estimate of drug-likeness (QED) is 0.749. The second-order valence-corrected chi connectivity index (χ2v) is 3.92. The second kappa shape index (κ2) is 5.61. The first kappa shape index (κ1) is 11.1. The van der Waals surface area contributed by atoms with E-state index >= 15 is 0 Å². The first-order valence-corrected chi connectivity index (χ1v) is 5.82. The van der Waals surface area contributed by atoms with Gasteiger partial charge in [-0.1, -0.05) is 18.6 Å². The van der Waals surface area contributed by atoms with Crippen LogP contribution in [-0.4, -0.2) is 29.6 Å². The fourth-order valence-electron chi connectivity index (χ4n) is 1.72. The molecule has 0 spiro atoms. The lowest BCUT2D eigenvalue weighted by Gasteiger charge is -2.14. The number of anilines is 1. The summed E-state index contributed by atoms with van der Waals surface area (Å²) in [6, 6.07) is 2.02. The molecule has 1 aromatic rings. The standard InChI is InChI=1S/C12H18N4/c1-2-11-7-12(16-9-15-11)14-8-10-3-5-13-6-4-10/h3,7,9,13H,2,4-6,8H2,1H3,(H,14,15,16). The van der Waals surface area contributed by atoms with Crippen molar-refractivity contribution in [2.45, 2.75) is 19.8 Å². The maximum atomic E-state index is 4.21. The Kier molecular flexibility index (Phi) is 3.88. The van der Waals surface area contributed by atoms with Gasteiger partial charge in [0.25, 0.3) is 0 Å². The van der Waals surface area contributed by atoms with Crippen LogP contribution in [0.2, 0.25) is 0 Å². The number of aromatic nitrogens is 2.